The van der Waals surface area contributed by atoms with E-state index >= 15 is 0 Å². The molecule has 0 bridgehead atoms. The van der Waals surface area contributed by atoms with Gasteiger partial charge in [-0.25, -0.2) is 4.39 Å². The molecule has 0 fully saturated rings. The monoisotopic (exact) mass is 536 g/mol. The summed E-state index contributed by atoms with van der Waals surface area (Å²) < 4.78 is 15.4. The van der Waals surface area contributed by atoms with Gasteiger partial charge in [-0.05, 0) is 64.9 Å². The summed E-state index contributed by atoms with van der Waals surface area (Å²) in [4.78, 5) is 7.96. The van der Waals surface area contributed by atoms with E-state index in [0.717, 1.165) is 28.0 Å². The summed E-state index contributed by atoms with van der Waals surface area (Å²) in [6.07, 6.45) is 5.41. The van der Waals surface area contributed by atoms with Crippen molar-refractivity contribution in [3.63, 3.8) is 0 Å². The highest BCUT2D eigenvalue weighted by Crippen LogP contribution is 2.33. The summed E-state index contributed by atoms with van der Waals surface area (Å²) in [5.41, 5.74) is 3.47. The quantitative estimate of drug-likeness (QED) is 0.220. The summed E-state index contributed by atoms with van der Waals surface area (Å²) in [5.74, 6) is -0.316. The van der Waals surface area contributed by atoms with Gasteiger partial charge in [-0.1, -0.05) is 22.0 Å². The Morgan fingerprint density at radius 1 is 1.17 bits per heavy atom. The predicted molar refractivity (Wildman–Crippen MR) is 128 cm³/mol. The van der Waals surface area contributed by atoms with E-state index in [4.69, 9.17) is 0 Å². The highest BCUT2D eigenvalue weighted by molar-refractivity contribution is 9.11. The molecular weight excluding hydrogens is 519 g/mol. The maximum absolute atomic E-state index is 14.1. The molecule has 0 atom stereocenters. The number of nitrogens with zero attached hydrogens (tertiary/aromatic N) is 1. The number of nitrogens with one attached hydrogen (secondary N) is 3. The second kappa shape index (κ2) is 10.2. The van der Waals surface area contributed by atoms with Crippen LogP contribution in [0.4, 0.5) is 15.8 Å². The molecule has 0 aliphatic carbocycles. The van der Waals surface area contributed by atoms with Gasteiger partial charge in [-0.2, -0.15) is 0 Å². The highest BCUT2D eigenvalue weighted by Gasteiger charge is 2.10. The molecule has 0 saturated carbocycles. The number of pyridine rings is 1. The van der Waals surface area contributed by atoms with Crippen LogP contribution in [0.25, 0.3) is 10.9 Å². The second-order valence-corrected chi connectivity index (χ2v) is 8.47. The maximum Gasteiger partial charge on any atom is 0.148 e. The molecule has 0 radical (unpaired) electrons. The first-order valence-corrected chi connectivity index (χ1v) is 10.8. The van der Waals surface area contributed by atoms with Crippen molar-refractivity contribution < 1.29 is 4.39 Å². The van der Waals surface area contributed by atoms with E-state index in [9.17, 15) is 4.39 Å². The first kappa shape index (κ1) is 21.8. The maximum atomic E-state index is 14.1. The zero-order valence-electron chi connectivity index (χ0n) is 15.5. The Balaban J connectivity index is 0.000000290. The van der Waals surface area contributed by atoms with Crippen molar-refractivity contribution in [3.8, 4) is 0 Å². The number of hydrogen-bond donors (Lipinski definition) is 4. The van der Waals surface area contributed by atoms with Gasteiger partial charge in [0.15, 0.2) is 0 Å². The molecule has 150 valence electrons. The van der Waals surface area contributed by atoms with E-state index in [2.05, 4.69) is 65.1 Å². The first-order valence-electron chi connectivity index (χ1n) is 8.73. The zero-order chi connectivity index (χ0) is 20.8. The summed E-state index contributed by atoms with van der Waals surface area (Å²) in [6.45, 7) is 0.805. The Morgan fingerprint density at radius 3 is 2.62 bits per heavy atom. The van der Waals surface area contributed by atoms with Crippen molar-refractivity contribution in [2.24, 2.45) is 0 Å². The summed E-state index contributed by atoms with van der Waals surface area (Å²) in [5, 5.41) is 7.43. The number of aromatic nitrogens is 2. The van der Waals surface area contributed by atoms with Gasteiger partial charge in [0.1, 0.15) is 5.82 Å². The summed E-state index contributed by atoms with van der Waals surface area (Å²) >= 11 is 10.7. The molecule has 0 aliphatic heterocycles. The van der Waals surface area contributed by atoms with Gasteiger partial charge < -0.3 is 15.6 Å². The van der Waals surface area contributed by atoms with Crippen LogP contribution in [0, 0.1) is 5.82 Å². The molecule has 2 heterocycles. The average molecular weight is 538 g/mol. The Bertz CT molecular complexity index is 1080. The molecule has 0 saturated heterocycles. The van der Waals surface area contributed by atoms with E-state index < -0.39 is 0 Å². The highest BCUT2D eigenvalue weighted by atomic mass is 79.9. The molecule has 0 amide bonds. The standard InChI is InChI=1S/C16H14Br2FN3.C5H5NS/c1-20-7-9-8-21-15-6-11(2-3-12(9)15)22-16-13(18)4-10(17)5-14(16)19;7-5-2-1-3-6-4-5/h2-6,8,20-22H,7H2,1H3;1-4,7H. The Kier molecular flexibility index (Phi) is 7.71. The lowest BCUT2D eigenvalue weighted by molar-refractivity contribution is 0.630. The van der Waals surface area contributed by atoms with Crippen LogP contribution >= 0.6 is 44.5 Å². The molecule has 2 aromatic heterocycles. The smallest absolute Gasteiger partial charge is 0.148 e. The number of aromatic amines is 1. The third kappa shape index (κ3) is 5.82. The molecular formula is C21H19Br2FN4S. The number of benzene rings is 2. The Labute approximate surface area is 191 Å². The van der Waals surface area contributed by atoms with Crippen molar-refractivity contribution in [2.45, 2.75) is 11.4 Å². The van der Waals surface area contributed by atoms with Crippen LogP contribution in [0.15, 0.2) is 74.9 Å². The SMILES string of the molecule is CNCc1c[nH]c2cc(Nc3c(F)cc(Br)cc3Br)ccc12.Sc1cccnc1. The first-order chi connectivity index (χ1) is 14.0. The van der Waals surface area contributed by atoms with Gasteiger partial charge in [-0.15, -0.1) is 12.6 Å². The topological polar surface area (TPSA) is 52.7 Å². The molecule has 8 heteroatoms. The van der Waals surface area contributed by atoms with E-state index in [1.807, 2.05) is 49.6 Å². The summed E-state index contributed by atoms with van der Waals surface area (Å²) in [6, 6.07) is 12.9. The largest absolute Gasteiger partial charge is 0.361 e. The normalized spacial score (nSPS) is 10.5. The molecule has 2 aromatic carbocycles. The van der Waals surface area contributed by atoms with Crippen molar-refractivity contribution in [2.75, 3.05) is 12.4 Å². The van der Waals surface area contributed by atoms with Gasteiger partial charge in [-0.3, -0.25) is 4.98 Å². The van der Waals surface area contributed by atoms with Crippen LogP contribution in [0.5, 0.6) is 0 Å². The van der Waals surface area contributed by atoms with Gasteiger partial charge in [0.25, 0.3) is 0 Å². The lowest BCUT2D eigenvalue weighted by atomic mass is 10.1. The van der Waals surface area contributed by atoms with Crippen molar-refractivity contribution >= 4 is 66.8 Å². The number of hydrogen-bond acceptors (Lipinski definition) is 4. The molecule has 29 heavy (non-hydrogen) atoms. The predicted octanol–water partition coefficient (Wildman–Crippen LogP) is 6.67. The number of rotatable bonds is 4. The average Bonchev–Trinajstić information content (AvgIpc) is 3.08. The van der Waals surface area contributed by atoms with Crippen LogP contribution in [-0.4, -0.2) is 17.0 Å². The fraction of sp³-hybridized carbons (Fsp3) is 0.0952. The van der Waals surface area contributed by atoms with Crippen LogP contribution in [-0.2, 0) is 6.54 Å². The van der Waals surface area contributed by atoms with E-state index in [0.29, 0.717) is 14.6 Å². The minimum atomic E-state index is -0.316. The van der Waals surface area contributed by atoms with Crippen molar-refractivity contribution in [3.05, 3.63) is 81.4 Å². The molecule has 4 rings (SSSR count). The molecule has 0 spiro atoms. The number of thiol groups is 1. The van der Waals surface area contributed by atoms with Crippen LogP contribution in [0.2, 0.25) is 0 Å². The fourth-order valence-corrected chi connectivity index (χ4v) is 4.19. The van der Waals surface area contributed by atoms with Gasteiger partial charge in [0, 0.05) is 55.6 Å². The van der Waals surface area contributed by atoms with E-state index in [-0.39, 0.29) is 5.82 Å². The molecule has 0 aliphatic rings. The number of halogens is 3. The Hall–Kier alpha value is -1.87. The lowest BCUT2D eigenvalue weighted by Crippen LogP contribution is -2.03. The fourth-order valence-electron chi connectivity index (χ4n) is 2.76. The van der Waals surface area contributed by atoms with Crippen LogP contribution < -0.4 is 10.6 Å². The van der Waals surface area contributed by atoms with Gasteiger partial charge in [0.05, 0.1) is 5.69 Å². The van der Waals surface area contributed by atoms with Crippen LogP contribution in [0.1, 0.15) is 5.56 Å². The molecule has 4 nitrogen and oxygen atoms in total. The molecule has 0 unspecified atom stereocenters. The zero-order valence-corrected chi connectivity index (χ0v) is 19.6. The van der Waals surface area contributed by atoms with Crippen LogP contribution in [0.3, 0.4) is 0 Å². The minimum Gasteiger partial charge on any atom is -0.361 e. The van der Waals surface area contributed by atoms with Crippen molar-refractivity contribution in [1.82, 2.24) is 15.3 Å². The van der Waals surface area contributed by atoms with E-state index in [1.54, 1.807) is 12.4 Å². The molecule has 4 aromatic rings. The summed E-state index contributed by atoms with van der Waals surface area (Å²) in [7, 11) is 1.92. The number of H-pyrrole nitrogens is 1. The van der Waals surface area contributed by atoms with E-state index in [1.165, 1.54) is 11.6 Å². The second-order valence-electron chi connectivity index (χ2n) is 6.19. The van der Waals surface area contributed by atoms with Gasteiger partial charge in [0.2, 0.25) is 0 Å². The Morgan fingerprint density at radius 2 is 2.00 bits per heavy atom. The third-order valence-electron chi connectivity index (χ3n) is 4.06. The number of fused-ring (bicyclic) bond motifs is 1. The number of anilines is 2. The van der Waals surface area contributed by atoms with Crippen molar-refractivity contribution in [1.29, 1.82) is 0 Å². The third-order valence-corrected chi connectivity index (χ3v) is 5.40. The van der Waals surface area contributed by atoms with Gasteiger partial charge >= 0.3 is 0 Å². The lowest BCUT2D eigenvalue weighted by Gasteiger charge is -2.11. The molecule has 3 N–H and O–H groups in total. The minimum absolute atomic E-state index is 0.316.